The molecule has 3 aromatic carbocycles. The maximum Gasteiger partial charge on any atom is 0.407 e. The molecular weight excluding hydrogens is 767 g/mol. The Morgan fingerprint density at radius 3 is 1.63 bits per heavy atom. The number of hydrogen-bond donors (Lipinski definition) is 3. The monoisotopic (exact) mass is 821 g/mol. The Labute approximate surface area is 349 Å². The lowest BCUT2D eigenvalue weighted by atomic mass is 9.91. The van der Waals surface area contributed by atoms with Gasteiger partial charge >= 0.3 is 12.1 Å². The van der Waals surface area contributed by atoms with Crippen LogP contribution in [0.5, 0.6) is 11.5 Å². The Balaban J connectivity index is 1.15. The van der Waals surface area contributed by atoms with Crippen LogP contribution in [0.4, 0.5) is 4.79 Å². The first kappa shape index (κ1) is 42.0. The van der Waals surface area contributed by atoms with E-state index in [4.69, 9.17) is 28.9 Å². The highest BCUT2D eigenvalue weighted by Gasteiger charge is 2.39. The predicted octanol–water partition coefficient (Wildman–Crippen LogP) is 7.33. The molecule has 2 aliphatic rings. The maximum absolute atomic E-state index is 13.8. The highest BCUT2D eigenvalue weighted by Crippen LogP contribution is 2.46. The second-order valence-electron chi connectivity index (χ2n) is 16.3. The van der Waals surface area contributed by atoms with Crippen molar-refractivity contribution in [2.75, 3.05) is 41.5 Å². The Morgan fingerprint density at radius 1 is 0.700 bits per heavy atom. The zero-order valence-corrected chi connectivity index (χ0v) is 35.6. The number of carbonyl (C=O) groups excluding carboxylic acids is 4. The number of aromatic nitrogens is 4. The molecule has 5 aromatic rings. The molecular formula is C45H55N7O8. The minimum atomic E-state index is -0.720. The van der Waals surface area contributed by atoms with Crippen molar-refractivity contribution in [2.45, 2.75) is 77.9 Å². The number of esters is 1. The smallest absolute Gasteiger partial charge is 0.407 e. The molecule has 3 N–H and O–H groups in total. The molecule has 15 nitrogen and oxygen atoms in total. The predicted molar refractivity (Wildman–Crippen MR) is 226 cm³/mol. The number of ether oxygens (including phenoxy) is 4. The normalized spacial score (nSPS) is 17.7. The Hall–Kier alpha value is -6.12. The van der Waals surface area contributed by atoms with Crippen LogP contribution < -0.4 is 14.8 Å². The van der Waals surface area contributed by atoms with Gasteiger partial charge in [0.2, 0.25) is 11.8 Å². The van der Waals surface area contributed by atoms with Gasteiger partial charge in [-0.15, -0.1) is 0 Å². The number of aromatic amines is 2. The molecule has 0 spiro atoms. The molecule has 318 valence electrons. The minimum absolute atomic E-state index is 0.0230. The summed E-state index contributed by atoms with van der Waals surface area (Å²) in [5.74, 6) is 1.31. The lowest BCUT2D eigenvalue weighted by Gasteiger charge is -2.29. The third-order valence-corrected chi connectivity index (χ3v) is 12.0. The summed E-state index contributed by atoms with van der Waals surface area (Å²) >= 11 is 0. The van der Waals surface area contributed by atoms with E-state index in [1.54, 1.807) is 19.1 Å². The molecule has 2 fully saturated rings. The van der Waals surface area contributed by atoms with Crippen molar-refractivity contribution >= 4 is 45.9 Å². The summed E-state index contributed by atoms with van der Waals surface area (Å²) in [6, 6.07) is 14.8. The highest BCUT2D eigenvalue weighted by atomic mass is 16.5. The van der Waals surface area contributed by atoms with Crippen molar-refractivity contribution in [3.8, 4) is 33.8 Å². The van der Waals surface area contributed by atoms with Crippen LogP contribution in [0.1, 0.15) is 83.5 Å². The van der Waals surface area contributed by atoms with Gasteiger partial charge in [0.05, 0.1) is 74.9 Å². The lowest BCUT2D eigenvalue weighted by Crippen LogP contribution is -2.51. The van der Waals surface area contributed by atoms with E-state index >= 15 is 0 Å². The fourth-order valence-electron chi connectivity index (χ4n) is 8.72. The average Bonchev–Trinajstić information content (AvgIpc) is 4.08. The van der Waals surface area contributed by atoms with Gasteiger partial charge < -0.3 is 44.0 Å². The SMILES string of the molecule is COC(=O)C[C@H](C(=O)N1CCC[C@H]1c1nc2ccc(-c3ccc(-c4ccc5nc([C@@H]6CCCN6C(=O)[C@@H](NC(=O)OC)C(C)C)[nH]c5c4)c(OC)c3OC)cc2[nH]1)C(C)C. The molecule has 0 saturated carbocycles. The number of nitrogens with zero attached hydrogens (tertiary/aromatic N) is 4. The molecule has 0 radical (unpaired) electrons. The van der Waals surface area contributed by atoms with E-state index in [2.05, 4.69) is 15.3 Å². The van der Waals surface area contributed by atoms with Gasteiger partial charge in [0, 0.05) is 24.2 Å². The third kappa shape index (κ3) is 8.09. The number of methoxy groups -OCH3 is 4. The first-order chi connectivity index (χ1) is 28.9. The average molecular weight is 822 g/mol. The fourth-order valence-corrected chi connectivity index (χ4v) is 8.72. The molecule has 2 aliphatic heterocycles. The van der Waals surface area contributed by atoms with E-state index in [9.17, 15) is 19.2 Å². The van der Waals surface area contributed by atoms with E-state index in [1.165, 1.54) is 14.2 Å². The standard InChI is InChI=1S/C45H55N7O8/c1-24(2)30(23-37(53)57-5)43(54)51-19-9-11-35(51)41-46-31-17-13-26(21-33(31)48-41)28-15-16-29(40(59-7)39(28)58-6)27-14-18-32-34(22-27)49-42(47-32)36-12-10-20-52(36)44(55)38(25(3)4)50-45(56)60-8/h13-18,21-22,24-25,30,35-36,38H,9-12,19-20,23H2,1-8H3,(H,46,48)(H,47,49)(H,50,56)/t30-,35-,36-,38-/m0/s1. The number of amides is 3. The summed E-state index contributed by atoms with van der Waals surface area (Å²) in [7, 11) is 5.88. The van der Waals surface area contributed by atoms with Gasteiger partial charge in [-0.1, -0.05) is 39.8 Å². The van der Waals surface area contributed by atoms with Crippen LogP contribution in [-0.2, 0) is 23.9 Å². The quantitative estimate of drug-likeness (QED) is 0.102. The van der Waals surface area contributed by atoms with E-state index in [1.807, 2.05) is 81.1 Å². The van der Waals surface area contributed by atoms with Crippen molar-refractivity contribution < 1.29 is 38.1 Å². The molecule has 3 amide bonds. The minimum Gasteiger partial charge on any atom is -0.492 e. The van der Waals surface area contributed by atoms with Gasteiger partial charge in [-0.25, -0.2) is 14.8 Å². The number of hydrogen-bond acceptors (Lipinski definition) is 10. The molecule has 0 unspecified atom stereocenters. The summed E-state index contributed by atoms with van der Waals surface area (Å²) in [6.07, 6.45) is 2.58. The molecule has 0 aliphatic carbocycles. The Morgan fingerprint density at radius 2 is 1.20 bits per heavy atom. The number of H-pyrrole nitrogens is 2. The first-order valence-corrected chi connectivity index (χ1v) is 20.6. The zero-order valence-electron chi connectivity index (χ0n) is 35.6. The molecule has 2 saturated heterocycles. The lowest BCUT2D eigenvalue weighted by molar-refractivity contribution is -0.148. The summed E-state index contributed by atoms with van der Waals surface area (Å²) < 4.78 is 21.8. The van der Waals surface area contributed by atoms with Crippen molar-refractivity contribution in [1.82, 2.24) is 35.1 Å². The second-order valence-corrected chi connectivity index (χ2v) is 16.3. The van der Waals surface area contributed by atoms with Gasteiger partial charge in [0.1, 0.15) is 17.7 Å². The van der Waals surface area contributed by atoms with Crippen LogP contribution in [0.25, 0.3) is 44.3 Å². The number of carbonyl (C=O) groups is 4. The number of likely N-dealkylation sites (tertiary alicyclic amines) is 2. The summed E-state index contributed by atoms with van der Waals surface area (Å²) in [5.41, 5.74) is 6.61. The van der Waals surface area contributed by atoms with E-state index in [-0.39, 0.29) is 42.2 Å². The number of alkyl carbamates (subject to hydrolysis) is 1. The summed E-state index contributed by atoms with van der Waals surface area (Å²) in [4.78, 5) is 72.2. The van der Waals surface area contributed by atoms with E-state index < -0.39 is 24.0 Å². The van der Waals surface area contributed by atoms with Gasteiger partial charge in [0.15, 0.2) is 11.5 Å². The van der Waals surface area contributed by atoms with Crippen LogP contribution >= 0.6 is 0 Å². The molecule has 15 heteroatoms. The van der Waals surface area contributed by atoms with Crippen LogP contribution in [0.3, 0.4) is 0 Å². The Bertz CT molecular complexity index is 2240. The van der Waals surface area contributed by atoms with E-state index in [0.29, 0.717) is 36.2 Å². The molecule has 4 atom stereocenters. The largest absolute Gasteiger partial charge is 0.492 e. The number of benzene rings is 3. The molecule has 0 bridgehead atoms. The number of imidazole rings is 2. The van der Waals surface area contributed by atoms with Gasteiger partial charge in [-0.2, -0.15) is 0 Å². The van der Waals surface area contributed by atoms with Gasteiger partial charge in [0.25, 0.3) is 0 Å². The van der Waals surface area contributed by atoms with Crippen molar-refractivity contribution in [3.05, 3.63) is 60.2 Å². The van der Waals surface area contributed by atoms with E-state index in [0.717, 1.165) is 70.0 Å². The maximum atomic E-state index is 13.8. The zero-order chi connectivity index (χ0) is 42.8. The van der Waals surface area contributed by atoms with Crippen LogP contribution in [0.2, 0.25) is 0 Å². The van der Waals surface area contributed by atoms with Gasteiger partial charge in [-0.05, 0) is 85.0 Å². The molecule has 60 heavy (non-hydrogen) atoms. The second kappa shape index (κ2) is 17.6. The topological polar surface area (TPSA) is 181 Å². The van der Waals surface area contributed by atoms with Crippen LogP contribution in [0, 0.1) is 17.8 Å². The Kier molecular flexibility index (Phi) is 12.3. The van der Waals surface area contributed by atoms with Crippen molar-refractivity contribution in [2.24, 2.45) is 17.8 Å². The molecule has 2 aromatic heterocycles. The highest BCUT2D eigenvalue weighted by molar-refractivity contribution is 5.91. The fraction of sp³-hybridized carbons (Fsp3) is 0.467. The number of rotatable bonds is 13. The number of fused-ring (bicyclic) bond motifs is 2. The van der Waals surface area contributed by atoms with Crippen LogP contribution in [-0.4, -0.2) is 101 Å². The summed E-state index contributed by atoms with van der Waals surface area (Å²) in [6.45, 7) is 8.87. The van der Waals surface area contributed by atoms with Crippen molar-refractivity contribution in [3.63, 3.8) is 0 Å². The molecule has 7 rings (SSSR count). The van der Waals surface area contributed by atoms with Gasteiger partial charge in [-0.3, -0.25) is 14.4 Å². The molecule has 4 heterocycles. The summed E-state index contributed by atoms with van der Waals surface area (Å²) in [5, 5.41) is 2.70. The number of nitrogens with one attached hydrogen (secondary N) is 3. The van der Waals surface area contributed by atoms with Crippen LogP contribution in [0.15, 0.2) is 48.5 Å². The van der Waals surface area contributed by atoms with Crippen molar-refractivity contribution in [1.29, 1.82) is 0 Å². The first-order valence-electron chi connectivity index (χ1n) is 20.6. The third-order valence-electron chi connectivity index (χ3n) is 12.0.